The van der Waals surface area contributed by atoms with E-state index in [4.69, 9.17) is 16.7 Å². The first-order valence-electron chi connectivity index (χ1n) is 5.96. The van der Waals surface area contributed by atoms with Crippen molar-refractivity contribution in [3.63, 3.8) is 0 Å². The average molecular weight is 335 g/mol. The first kappa shape index (κ1) is 17.4. The van der Waals surface area contributed by atoms with Crippen molar-refractivity contribution < 1.29 is 23.1 Å². The van der Waals surface area contributed by atoms with Crippen molar-refractivity contribution in [2.24, 2.45) is 0 Å². The number of carboxylic acid groups (broad SMARTS) is 1. The van der Waals surface area contributed by atoms with Crippen molar-refractivity contribution in [1.82, 2.24) is 9.62 Å². The van der Waals surface area contributed by atoms with Crippen LogP contribution in [0, 0.1) is 0 Å². The van der Waals surface area contributed by atoms with Crippen molar-refractivity contribution in [1.29, 1.82) is 0 Å². The minimum atomic E-state index is -3.92. The molecule has 1 aromatic carbocycles. The molecule has 0 aromatic heterocycles. The Kier molecular flexibility index (Phi) is 5.70. The smallest absolute Gasteiger partial charge is 0.337 e. The van der Waals surface area contributed by atoms with E-state index in [0.717, 1.165) is 22.5 Å². The second-order valence-electron chi connectivity index (χ2n) is 4.16. The number of likely N-dealkylation sites (N-methyl/N-ethyl adjacent to an activating group) is 2. The Hall–Kier alpha value is -1.64. The van der Waals surface area contributed by atoms with Crippen molar-refractivity contribution >= 4 is 33.5 Å². The summed E-state index contributed by atoms with van der Waals surface area (Å²) in [6, 6.07) is 3.30. The van der Waals surface area contributed by atoms with Gasteiger partial charge in [0.15, 0.2) is 0 Å². The molecule has 0 fully saturated rings. The van der Waals surface area contributed by atoms with Crippen LogP contribution in [0.2, 0.25) is 5.02 Å². The fourth-order valence-electron chi connectivity index (χ4n) is 1.55. The summed E-state index contributed by atoms with van der Waals surface area (Å²) in [6.45, 7) is 1.77. The zero-order valence-electron chi connectivity index (χ0n) is 11.5. The number of hydrogen-bond acceptors (Lipinski definition) is 4. The molecule has 0 aliphatic carbocycles. The lowest BCUT2D eigenvalue weighted by Gasteiger charge is -2.17. The van der Waals surface area contributed by atoms with Gasteiger partial charge in [0, 0.05) is 13.6 Å². The van der Waals surface area contributed by atoms with Crippen molar-refractivity contribution in [3.05, 3.63) is 28.8 Å². The molecule has 0 bridgehead atoms. The van der Waals surface area contributed by atoms with Crippen LogP contribution in [0.4, 0.5) is 0 Å². The summed E-state index contributed by atoms with van der Waals surface area (Å²) in [5.41, 5.74) is -0.193. The fourth-order valence-corrected chi connectivity index (χ4v) is 3.03. The molecule has 0 heterocycles. The molecule has 0 unspecified atom stereocenters. The molecule has 0 radical (unpaired) electrons. The predicted octanol–water partition coefficient (Wildman–Crippen LogP) is 0.795. The van der Waals surface area contributed by atoms with Crippen LogP contribution in [-0.2, 0) is 14.8 Å². The molecule has 2 N–H and O–H groups in total. The maximum Gasteiger partial charge on any atom is 0.337 e. The lowest BCUT2D eigenvalue weighted by Crippen LogP contribution is -2.38. The molecule has 0 saturated heterocycles. The molecule has 0 atom stereocenters. The summed E-state index contributed by atoms with van der Waals surface area (Å²) in [7, 11) is -2.67. The second kappa shape index (κ2) is 6.88. The lowest BCUT2D eigenvalue weighted by molar-refractivity contribution is -0.121. The van der Waals surface area contributed by atoms with Crippen molar-refractivity contribution in [2.75, 3.05) is 20.1 Å². The molecule has 0 spiro atoms. The highest BCUT2D eigenvalue weighted by molar-refractivity contribution is 7.89. The highest BCUT2D eigenvalue weighted by atomic mass is 35.5. The van der Waals surface area contributed by atoms with E-state index in [-0.39, 0.29) is 22.0 Å². The van der Waals surface area contributed by atoms with Gasteiger partial charge in [-0.25, -0.2) is 13.2 Å². The number of aromatic carboxylic acids is 1. The number of nitrogens with one attached hydrogen (secondary N) is 1. The first-order valence-corrected chi connectivity index (χ1v) is 7.77. The summed E-state index contributed by atoms with van der Waals surface area (Å²) in [4.78, 5) is 22.1. The van der Waals surface area contributed by atoms with E-state index in [1.165, 1.54) is 7.05 Å². The highest BCUT2D eigenvalue weighted by Gasteiger charge is 2.24. The second-order valence-corrected chi connectivity index (χ2v) is 6.61. The average Bonchev–Trinajstić information content (AvgIpc) is 2.38. The van der Waals surface area contributed by atoms with E-state index in [1.54, 1.807) is 6.92 Å². The Morgan fingerprint density at radius 3 is 2.48 bits per heavy atom. The molecule has 1 rings (SSSR count). The molecule has 1 aromatic rings. The van der Waals surface area contributed by atoms with Gasteiger partial charge in [0.2, 0.25) is 15.9 Å². The minimum absolute atomic E-state index is 0.177. The number of carbonyl (C=O) groups excluding carboxylic acids is 1. The number of amides is 1. The van der Waals surface area contributed by atoms with Gasteiger partial charge in [-0.1, -0.05) is 11.6 Å². The molecular weight excluding hydrogens is 320 g/mol. The van der Waals surface area contributed by atoms with E-state index >= 15 is 0 Å². The molecule has 0 saturated carbocycles. The summed E-state index contributed by atoms with van der Waals surface area (Å²) >= 11 is 5.75. The summed E-state index contributed by atoms with van der Waals surface area (Å²) in [6.07, 6.45) is 0. The molecular formula is C12H15ClN2O5S. The van der Waals surface area contributed by atoms with Crippen LogP contribution >= 0.6 is 11.6 Å². The Labute approximate surface area is 127 Å². The van der Waals surface area contributed by atoms with Crippen molar-refractivity contribution in [3.8, 4) is 0 Å². The van der Waals surface area contributed by atoms with E-state index in [1.807, 2.05) is 0 Å². The molecule has 116 valence electrons. The van der Waals surface area contributed by atoms with E-state index < -0.39 is 21.9 Å². The van der Waals surface area contributed by atoms with Gasteiger partial charge in [-0.3, -0.25) is 4.79 Å². The monoisotopic (exact) mass is 334 g/mol. The van der Waals surface area contributed by atoms with Gasteiger partial charge in [-0.05, 0) is 25.1 Å². The van der Waals surface area contributed by atoms with Crippen LogP contribution in [0.15, 0.2) is 23.1 Å². The van der Waals surface area contributed by atoms with Gasteiger partial charge in [0.25, 0.3) is 0 Å². The van der Waals surface area contributed by atoms with Gasteiger partial charge < -0.3 is 10.4 Å². The quantitative estimate of drug-likeness (QED) is 0.800. The van der Waals surface area contributed by atoms with E-state index in [9.17, 15) is 18.0 Å². The van der Waals surface area contributed by atoms with E-state index in [2.05, 4.69) is 5.32 Å². The highest BCUT2D eigenvalue weighted by Crippen LogP contribution is 2.22. The third-order valence-electron chi connectivity index (χ3n) is 2.62. The van der Waals surface area contributed by atoms with E-state index in [0.29, 0.717) is 6.54 Å². The predicted molar refractivity (Wildman–Crippen MR) is 76.9 cm³/mol. The van der Waals surface area contributed by atoms with Crippen LogP contribution in [0.1, 0.15) is 17.3 Å². The Bertz CT molecular complexity index is 660. The largest absolute Gasteiger partial charge is 0.478 e. The number of benzene rings is 1. The Balaban J connectivity index is 3.05. The zero-order chi connectivity index (χ0) is 16.2. The SMILES string of the molecule is CCNC(=O)CN(C)S(=O)(=O)c1ccc(C(=O)O)c(Cl)c1. The van der Waals surface area contributed by atoms with Gasteiger partial charge in [0.05, 0.1) is 22.0 Å². The number of carbonyl (C=O) groups is 2. The summed E-state index contributed by atoms with van der Waals surface area (Å²) in [5, 5.41) is 11.2. The summed E-state index contributed by atoms with van der Waals surface area (Å²) < 4.78 is 25.4. The Morgan fingerprint density at radius 1 is 1.38 bits per heavy atom. The van der Waals surface area contributed by atoms with Gasteiger partial charge in [-0.2, -0.15) is 4.31 Å². The maximum atomic E-state index is 12.2. The topological polar surface area (TPSA) is 104 Å². The van der Waals surface area contributed by atoms with Crippen LogP contribution in [0.5, 0.6) is 0 Å². The number of rotatable bonds is 6. The van der Waals surface area contributed by atoms with Crippen LogP contribution in [0.3, 0.4) is 0 Å². The van der Waals surface area contributed by atoms with Gasteiger partial charge in [-0.15, -0.1) is 0 Å². The molecule has 0 aliphatic rings. The Morgan fingerprint density at radius 2 is 2.00 bits per heavy atom. The number of carboxylic acids is 1. The summed E-state index contributed by atoms with van der Waals surface area (Å²) in [5.74, 6) is -1.68. The third-order valence-corrected chi connectivity index (χ3v) is 4.73. The number of halogens is 1. The minimum Gasteiger partial charge on any atom is -0.478 e. The number of hydrogen-bond donors (Lipinski definition) is 2. The third kappa shape index (κ3) is 4.16. The number of nitrogens with zero attached hydrogens (tertiary/aromatic N) is 1. The first-order chi connectivity index (χ1) is 9.70. The molecule has 7 nitrogen and oxygen atoms in total. The standard InChI is InChI=1S/C12H15ClN2O5S/c1-3-14-11(16)7-15(2)21(19,20)8-4-5-9(12(17)18)10(13)6-8/h4-6H,3,7H2,1-2H3,(H,14,16)(H,17,18). The van der Waals surface area contributed by atoms with Crippen LogP contribution < -0.4 is 5.32 Å². The zero-order valence-corrected chi connectivity index (χ0v) is 13.0. The van der Waals surface area contributed by atoms with Crippen LogP contribution in [-0.4, -0.2) is 49.8 Å². The number of sulfonamides is 1. The van der Waals surface area contributed by atoms with Gasteiger partial charge >= 0.3 is 5.97 Å². The molecule has 21 heavy (non-hydrogen) atoms. The van der Waals surface area contributed by atoms with Crippen molar-refractivity contribution in [2.45, 2.75) is 11.8 Å². The lowest BCUT2D eigenvalue weighted by atomic mass is 10.2. The van der Waals surface area contributed by atoms with Crippen LogP contribution in [0.25, 0.3) is 0 Å². The van der Waals surface area contributed by atoms with Gasteiger partial charge in [0.1, 0.15) is 0 Å². The fraction of sp³-hybridized carbons (Fsp3) is 0.333. The molecule has 0 aliphatic heterocycles. The molecule has 1 amide bonds. The normalized spacial score (nSPS) is 11.4. The maximum absolute atomic E-state index is 12.2. The molecule has 9 heteroatoms.